The second-order valence-corrected chi connectivity index (χ2v) is 4.42. The summed E-state index contributed by atoms with van der Waals surface area (Å²) in [5.74, 6) is 1.02. The van der Waals surface area contributed by atoms with Gasteiger partial charge >= 0.3 is 0 Å². The van der Waals surface area contributed by atoms with Gasteiger partial charge in [0, 0.05) is 0 Å². The molecule has 0 aromatic heterocycles. The van der Waals surface area contributed by atoms with E-state index in [0.29, 0.717) is 13.2 Å². The highest BCUT2D eigenvalue weighted by Gasteiger charge is 2.36. The molecule has 1 saturated heterocycles. The van der Waals surface area contributed by atoms with Crippen molar-refractivity contribution >= 4 is 0 Å². The number of ether oxygens (including phenoxy) is 2. The molecule has 0 aliphatic carbocycles. The van der Waals surface area contributed by atoms with Gasteiger partial charge in [-0.05, 0) is 30.0 Å². The number of nitrogens with two attached hydrogens (primary N) is 1. The fourth-order valence-corrected chi connectivity index (χ4v) is 2.16. The minimum absolute atomic E-state index is 0.257. The van der Waals surface area contributed by atoms with Crippen LogP contribution in [0.15, 0.2) is 18.2 Å². The van der Waals surface area contributed by atoms with Crippen molar-refractivity contribution in [3.8, 4) is 5.75 Å². The van der Waals surface area contributed by atoms with E-state index in [0.717, 1.165) is 25.2 Å². The van der Waals surface area contributed by atoms with Crippen LogP contribution in [0.3, 0.4) is 0 Å². The van der Waals surface area contributed by atoms with E-state index in [1.807, 2.05) is 6.07 Å². The molecule has 0 spiro atoms. The van der Waals surface area contributed by atoms with Crippen molar-refractivity contribution < 1.29 is 9.47 Å². The van der Waals surface area contributed by atoms with Gasteiger partial charge in [0.1, 0.15) is 5.75 Å². The zero-order valence-electron chi connectivity index (χ0n) is 8.66. The van der Waals surface area contributed by atoms with Crippen LogP contribution >= 0.6 is 0 Å². The molecule has 0 radical (unpaired) electrons. The highest BCUT2D eigenvalue weighted by atomic mass is 16.5. The number of fused-ring (bicyclic) bond motifs is 1. The Balaban J connectivity index is 1.97. The zero-order chi connectivity index (χ0) is 10.3. The van der Waals surface area contributed by atoms with Crippen molar-refractivity contribution in [1.29, 1.82) is 0 Å². The van der Waals surface area contributed by atoms with Crippen molar-refractivity contribution in [2.24, 2.45) is 5.73 Å². The Labute approximate surface area is 89.2 Å². The van der Waals surface area contributed by atoms with Gasteiger partial charge in [0.05, 0.1) is 25.4 Å². The lowest BCUT2D eigenvalue weighted by molar-refractivity contribution is -0.0569. The third kappa shape index (κ3) is 1.43. The molecule has 2 aliphatic rings. The highest BCUT2D eigenvalue weighted by molar-refractivity contribution is 5.41. The minimum Gasteiger partial charge on any atom is -0.493 e. The summed E-state index contributed by atoms with van der Waals surface area (Å²) in [7, 11) is 0. The Morgan fingerprint density at radius 1 is 1.27 bits per heavy atom. The molecule has 0 saturated carbocycles. The van der Waals surface area contributed by atoms with Gasteiger partial charge in [-0.15, -0.1) is 0 Å². The number of hydrogen-bond donors (Lipinski definition) is 1. The van der Waals surface area contributed by atoms with Gasteiger partial charge in [-0.2, -0.15) is 0 Å². The Bertz CT molecular complexity index is 385. The van der Waals surface area contributed by atoms with E-state index in [9.17, 15) is 0 Å². The molecule has 80 valence electrons. The molecule has 1 aromatic carbocycles. The molecule has 3 nitrogen and oxygen atoms in total. The van der Waals surface area contributed by atoms with E-state index in [4.69, 9.17) is 15.2 Å². The average Bonchev–Trinajstić information content (AvgIpc) is 2.25. The third-order valence-electron chi connectivity index (χ3n) is 3.20. The first-order valence-corrected chi connectivity index (χ1v) is 5.41. The van der Waals surface area contributed by atoms with E-state index in [-0.39, 0.29) is 5.54 Å². The van der Waals surface area contributed by atoms with Crippen molar-refractivity contribution in [2.75, 3.05) is 19.8 Å². The normalized spacial score (nSPS) is 22.5. The van der Waals surface area contributed by atoms with Crippen LogP contribution < -0.4 is 10.5 Å². The standard InChI is InChI=1S/C12H15NO2/c13-12(7-14-8-12)10-3-4-11-9(6-10)2-1-5-15-11/h3-4,6H,1-2,5,7-8,13H2. The number of benzene rings is 1. The molecular weight excluding hydrogens is 190 g/mol. The van der Waals surface area contributed by atoms with Crippen LogP contribution in [0.4, 0.5) is 0 Å². The molecule has 15 heavy (non-hydrogen) atoms. The average molecular weight is 205 g/mol. The van der Waals surface area contributed by atoms with Gasteiger partial charge in [0.25, 0.3) is 0 Å². The first kappa shape index (κ1) is 9.19. The second kappa shape index (κ2) is 3.22. The second-order valence-electron chi connectivity index (χ2n) is 4.42. The summed E-state index contributed by atoms with van der Waals surface area (Å²) in [4.78, 5) is 0. The van der Waals surface area contributed by atoms with Crippen LogP contribution in [0.2, 0.25) is 0 Å². The fourth-order valence-electron chi connectivity index (χ4n) is 2.16. The van der Waals surface area contributed by atoms with Gasteiger partial charge in [0.15, 0.2) is 0 Å². The van der Waals surface area contributed by atoms with Crippen molar-refractivity contribution in [3.05, 3.63) is 29.3 Å². The summed E-state index contributed by atoms with van der Waals surface area (Å²) >= 11 is 0. The fraction of sp³-hybridized carbons (Fsp3) is 0.500. The Hall–Kier alpha value is -1.06. The zero-order valence-corrected chi connectivity index (χ0v) is 8.66. The van der Waals surface area contributed by atoms with Crippen molar-refractivity contribution in [1.82, 2.24) is 0 Å². The number of rotatable bonds is 1. The molecule has 2 aliphatic heterocycles. The van der Waals surface area contributed by atoms with Gasteiger partial charge in [0.2, 0.25) is 0 Å². The van der Waals surface area contributed by atoms with E-state index >= 15 is 0 Å². The lowest BCUT2D eigenvalue weighted by atomic mass is 9.87. The molecule has 0 amide bonds. The van der Waals surface area contributed by atoms with Crippen LogP contribution in [0.5, 0.6) is 5.75 Å². The molecule has 0 bridgehead atoms. The first-order valence-electron chi connectivity index (χ1n) is 5.41. The lowest BCUT2D eigenvalue weighted by Crippen LogP contribution is -2.54. The van der Waals surface area contributed by atoms with Crippen LogP contribution in [0.1, 0.15) is 17.5 Å². The maximum Gasteiger partial charge on any atom is 0.122 e. The molecule has 0 unspecified atom stereocenters. The number of hydrogen-bond acceptors (Lipinski definition) is 3. The van der Waals surface area contributed by atoms with Gasteiger partial charge in [-0.25, -0.2) is 0 Å². The van der Waals surface area contributed by atoms with E-state index in [1.165, 1.54) is 11.1 Å². The van der Waals surface area contributed by atoms with Crippen molar-refractivity contribution in [2.45, 2.75) is 18.4 Å². The maximum absolute atomic E-state index is 6.19. The summed E-state index contributed by atoms with van der Waals surface area (Å²) in [5, 5.41) is 0. The molecule has 3 rings (SSSR count). The molecule has 1 aromatic rings. The lowest BCUT2D eigenvalue weighted by Gasteiger charge is -2.38. The predicted octanol–water partition coefficient (Wildman–Crippen LogP) is 1.20. The van der Waals surface area contributed by atoms with Crippen LogP contribution in [-0.4, -0.2) is 19.8 Å². The molecule has 1 fully saturated rings. The minimum atomic E-state index is -0.257. The third-order valence-corrected chi connectivity index (χ3v) is 3.20. The van der Waals surface area contributed by atoms with Gasteiger partial charge < -0.3 is 15.2 Å². The van der Waals surface area contributed by atoms with Crippen LogP contribution in [-0.2, 0) is 16.7 Å². The topological polar surface area (TPSA) is 44.5 Å². The maximum atomic E-state index is 6.19. The number of aryl methyl sites for hydroxylation is 1. The smallest absolute Gasteiger partial charge is 0.122 e. The summed E-state index contributed by atoms with van der Waals surface area (Å²) in [6.07, 6.45) is 2.20. The van der Waals surface area contributed by atoms with Gasteiger partial charge in [-0.3, -0.25) is 0 Å². The summed E-state index contributed by atoms with van der Waals surface area (Å²) in [6.45, 7) is 2.10. The van der Waals surface area contributed by atoms with Crippen molar-refractivity contribution in [3.63, 3.8) is 0 Å². The Kier molecular flexibility index (Phi) is 1.97. The molecule has 3 heteroatoms. The summed E-state index contributed by atoms with van der Waals surface area (Å²) in [6, 6.07) is 6.28. The molecule has 2 N–H and O–H groups in total. The SMILES string of the molecule is NC1(c2ccc3c(c2)CCCO3)COC1. The predicted molar refractivity (Wildman–Crippen MR) is 56.9 cm³/mol. The van der Waals surface area contributed by atoms with Gasteiger partial charge in [-0.1, -0.05) is 12.1 Å². The molecular formula is C12H15NO2. The first-order chi connectivity index (χ1) is 7.28. The summed E-state index contributed by atoms with van der Waals surface area (Å²) in [5.41, 5.74) is 8.40. The highest BCUT2D eigenvalue weighted by Crippen LogP contribution is 2.32. The molecule has 2 heterocycles. The Morgan fingerprint density at radius 2 is 2.13 bits per heavy atom. The van der Waals surface area contributed by atoms with E-state index < -0.39 is 0 Å². The Morgan fingerprint density at radius 3 is 2.87 bits per heavy atom. The molecule has 0 atom stereocenters. The van der Waals surface area contributed by atoms with E-state index in [1.54, 1.807) is 0 Å². The van der Waals surface area contributed by atoms with E-state index in [2.05, 4.69) is 12.1 Å². The summed E-state index contributed by atoms with van der Waals surface area (Å²) < 4.78 is 10.8. The monoisotopic (exact) mass is 205 g/mol. The quantitative estimate of drug-likeness (QED) is 0.749. The largest absolute Gasteiger partial charge is 0.493 e. The van der Waals surface area contributed by atoms with Crippen LogP contribution in [0.25, 0.3) is 0 Å². The van der Waals surface area contributed by atoms with Crippen LogP contribution in [0, 0.1) is 0 Å².